The van der Waals surface area contributed by atoms with Gasteiger partial charge in [0.2, 0.25) is 0 Å². The Kier molecular flexibility index (Phi) is 7.02. The molecule has 1 N–H and O–H groups in total. The van der Waals surface area contributed by atoms with Gasteiger partial charge in [0, 0.05) is 23.2 Å². The summed E-state index contributed by atoms with van der Waals surface area (Å²) in [7, 11) is 0. The molecule has 1 saturated carbocycles. The first kappa shape index (κ1) is 20.4. The van der Waals surface area contributed by atoms with Crippen molar-refractivity contribution in [2.24, 2.45) is 5.92 Å². The van der Waals surface area contributed by atoms with Crippen LogP contribution in [-0.4, -0.2) is 15.8 Å². The number of nitrogens with zero attached hydrogens (tertiary/aromatic N) is 1. The number of aromatic nitrogens is 1. The van der Waals surface area contributed by atoms with Crippen LogP contribution in [0.1, 0.15) is 50.2 Å². The van der Waals surface area contributed by atoms with Gasteiger partial charge in [-0.3, -0.25) is 4.98 Å². The van der Waals surface area contributed by atoms with E-state index >= 15 is 0 Å². The maximum absolute atomic E-state index is 11.1. The van der Waals surface area contributed by atoms with Crippen LogP contribution >= 0.6 is 23.4 Å². The molecule has 1 atom stereocenters. The smallest absolute Gasteiger partial charge is 0.121 e. The normalized spacial score (nSPS) is 23.1. The third-order valence-corrected chi connectivity index (χ3v) is 7.30. The Bertz CT molecular complexity index is 769. The molecule has 1 aliphatic carbocycles. The molecular weight excluding hydrogens is 374 g/mol. The highest BCUT2D eigenvalue weighted by Crippen LogP contribution is 2.50. The SMILES string of the molecule is CC1=C(C2CCCCC2)SCC1(O)c1ccc(Cl)cc1.Cc1cccnc1. The second kappa shape index (κ2) is 9.27. The highest BCUT2D eigenvalue weighted by atomic mass is 35.5. The number of allylic oxidation sites excluding steroid dienone is 1. The van der Waals surface area contributed by atoms with Crippen molar-refractivity contribution in [2.75, 3.05) is 5.75 Å². The van der Waals surface area contributed by atoms with Gasteiger partial charge in [-0.05, 0) is 72.4 Å². The molecule has 1 unspecified atom stereocenters. The van der Waals surface area contributed by atoms with Crippen LogP contribution < -0.4 is 0 Å². The Morgan fingerprint density at radius 1 is 1.07 bits per heavy atom. The van der Waals surface area contributed by atoms with Gasteiger partial charge in [0.25, 0.3) is 0 Å². The Hall–Kier alpha value is -1.29. The van der Waals surface area contributed by atoms with Crippen LogP contribution in [0.5, 0.6) is 0 Å². The first-order chi connectivity index (χ1) is 13.0. The number of aliphatic hydroxyl groups is 1. The van der Waals surface area contributed by atoms with Crippen molar-refractivity contribution < 1.29 is 5.11 Å². The first-order valence-electron chi connectivity index (χ1n) is 9.70. The molecule has 2 aromatic rings. The Labute approximate surface area is 172 Å². The fourth-order valence-corrected chi connectivity index (χ4v) is 5.60. The summed E-state index contributed by atoms with van der Waals surface area (Å²) in [6.45, 7) is 4.13. The lowest BCUT2D eigenvalue weighted by atomic mass is 9.83. The van der Waals surface area contributed by atoms with Gasteiger partial charge in [-0.2, -0.15) is 0 Å². The van der Waals surface area contributed by atoms with E-state index < -0.39 is 5.60 Å². The van der Waals surface area contributed by atoms with Gasteiger partial charge in [0.05, 0.1) is 0 Å². The molecule has 1 fully saturated rings. The molecule has 4 rings (SSSR count). The molecule has 0 bridgehead atoms. The zero-order valence-corrected chi connectivity index (χ0v) is 17.7. The number of hydrogen-bond acceptors (Lipinski definition) is 3. The lowest BCUT2D eigenvalue weighted by molar-refractivity contribution is 0.104. The van der Waals surface area contributed by atoms with E-state index in [-0.39, 0.29) is 0 Å². The number of pyridine rings is 1. The molecule has 0 amide bonds. The summed E-state index contributed by atoms with van der Waals surface area (Å²) in [5, 5.41) is 11.8. The van der Waals surface area contributed by atoms with E-state index in [4.69, 9.17) is 11.6 Å². The van der Waals surface area contributed by atoms with E-state index in [1.807, 2.05) is 61.3 Å². The lowest BCUT2D eigenvalue weighted by Gasteiger charge is -2.26. The average Bonchev–Trinajstić information content (AvgIpc) is 3.00. The molecule has 1 aliphatic heterocycles. The van der Waals surface area contributed by atoms with Crippen molar-refractivity contribution in [3.8, 4) is 0 Å². The van der Waals surface area contributed by atoms with Gasteiger partial charge in [-0.1, -0.05) is 49.1 Å². The number of rotatable bonds is 2. The van der Waals surface area contributed by atoms with Gasteiger partial charge in [0.1, 0.15) is 5.60 Å². The zero-order chi connectivity index (χ0) is 19.3. The highest BCUT2D eigenvalue weighted by Gasteiger charge is 2.40. The van der Waals surface area contributed by atoms with E-state index in [9.17, 15) is 5.11 Å². The molecule has 1 aromatic heterocycles. The lowest BCUT2D eigenvalue weighted by Crippen LogP contribution is -2.27. The zero-order valence-electron chi connectivity index (χ0n) is 16.1. The van der Waals surface area contributed by atoms with Crippen molar-refractivity contribution in [1.29, 1.82) is 0 Å². The second-order valence-corrected chi connectivity index (χ2v) is 8.96. The molecule has 4 heteroatoms. The van der Waals surface area contributed by atoms with Crippen LogP contribution in [0.25, 0.3) is 0 Å². The Morgan fingerprint density at radius 3 is 2.33 bits per heavy atom. The molecule has 0 spiro atoms. The monoisotopic (exact) mass is 401 g/mol. The molecule has 144 valence electrons. The minimum absolute atomic E-state index is 0.676. The summed E-state index contributed by atoms with van der Waals surface area (Å²) in [6, 6.07) is 11.6. The van der Waals surface area contributed by atoms with Crippen LogP contribution in [0, 0.1) is 12.8 Å². The molecule has 0 saturated heterocycles. The number of aryl methyl sites for hydroxylation is 1. The van der Waals surface area contributed by atoms with E-state index in [1.165, 1.54) is 42.6 Å². The average molecular weight is 402 g/mol. The molecular formula is C23H28ClNOS. The molecule has 2 aliphatic rings. The predicted octanol–water partition coefficient (Wildman–Crippen LogP) is 6.52. The summed E-state index contributed by atoms with van der Waals surface area (Å²) in [4.78, 5) is 5.33. The Balaban J connectivity index is 0.000000253. The predicted molar refractivity (Wildman–Crippen MR) is 116 cm³/mol. The summed E-state index contributed by atoms with van der Waals surface area (Å²) < 4.78 is 0. The van der Waals surface area contributed by atoms with Crippen molar-refractivity contribution >= 4 is 23.4 Å². The summed E-state index contributed by atoms with van der Waals surface area (Å²) in [5.41, 5.74) is 2.54. The standard InChI is InChI=1S/C17H21ClOS.C6H7N/c1-12-16(13-5-3-2-4-6-13)20-11-17(12,19)14-7-9-15(18)10-8-14;1-6-3-2-4-7-5-6/h7-10,13,19H,2-6,11H2,1H3;2-5H,1H3. The van der Waals surface area contributed by atoms with E-state index in [0.29, 0.717) is 5.92 Å². The van der Waals surface area contributed by atoms with Crippen molar-refractivity contribution in [2.45, 2.75) is 51.6 Å². The number of halogens is 1. The quantitative estimate of drug-likeness (QED) is 0.621. The molecule has 2 heterocycles. The van der Waals surface area contributed by atoms with Crippen LogP contribution in [0.2, 0.25) is 5.02 Å². The van der Waals surface area contributed by atoms with E-state index in [0.717, 1.165) is 21.9 Å². The first-order valence-corrected chi connectivity index (χ1v) is 11.1. The fraction of sp³-hybridized carbons (Fsp3) is 0.435. The third-order valence-electron chi connectivity index (χ3n) is 5.53. The number of hydrogen-bond donors (Lipinski definition) is 1. The molecule has 0 radical (unpaired) electrons. The minimum atomic E-state index is -0.804. The van der Waals surface area contributed by atoms with Crippen LogP contribution in [0.3, 0.4) is 0 Å². The summed E-state index contributed by atoms with van der Waals surface area (Å²) in [6.07, 6.45) is 10.2. The second-order valence-electron chi connectivity index (χ2n) is 7.51. The van der Waals surface area contributed by atoms with Gasteiger partial charge in [-0.15, -0.1) is 11.8 Å². The minimum Gasteiger partial charge on any atom is -0.380 e. The number of thioether (sulfide) groups is 1. The van der Waals surface area contributed by atoms with Crippen LogP contribution in [0.15, 0.2) is 59.3 Å². The highest BCUT2D eigenvalue weighted by molar-refractivity contribution is 8.03. The molecule has 27 heavy (non-hydrogen) atoms. The van der Waals surface area contributed by atoms with Crippen LogP contribution in [0.4, 0.5) is 0 Å². The van der Waals surface area contributed by atoms with Crippen molar-refractivity contribution in [3.05, 3.63) is 75.4 Å². The maximum atomic E-state index is 11.1. The summed E-state index contributed by atoms with van der Waals surface area (Å²) >= 11 is 7.81. The van der Waals surface area contributed by atoms with Crippen molar-refractivity contribution in [3.63, 3.8) is 0 Å². The summed E-state index contributed by atoms with van der Waals surface area (Å²) in [5.74, 6) is 1.42. The van der Waals surface area contributed by atoms with E-state index in [1.54, 1.807) is 6.20 Å². The third kappa shape index (κ3) is 4.96. The van der Waals surface area contributed by atoms with Crippen LogP contribution in [-0.2, 0) is 5.60 Å². The van der Waals surface area contributed by atoms with Gasteiger partial charge in [-0.25, -0.2) is 0 Å². The maximum Gasteiger partial charge on any atom is 0.121 e. The van der Waals surface area contributed by atoms with Crippen molar-refractivity contribution in [1.82, 2.24) is 4.98 Å². The molecule has 2 nitrogen and oxygen atoms in total. The molecule has 1 aromatic carbocycles. The Morgan fingerprint density at radius 2 is 1.78 bits per heavy atom. The van der Waals surface area contributed by atoms with Gasteiger partial charge >= 0.3 is 0 Å². The topological polar surface area (TPSA) is 33.1 Å². The largest absolute Gasteiger partial charge is 0.380 e. The van der Waals surface area contributed by atoms with Gasteiger partial charge in [0.15, 0.2) is 0 Å². The fourth-order valence-electron chi connectivity index (χ4n) is 3.86. The number of benzene rings is 1. The van der Waals surface area contributed by atoms with E-state index in [2.05, 4.69) is 11.9 Å². The van der Waals surface area contributed by atoms with Gasteiger partial charge < -0.3 is 5.11 Å².